The summed E-state index contributed by atoms with van der Waals surface area (Å²) in [6, 6.07) is 5.67. The Morgan fingerprint density at radius 3 is 1.30 bits per heavy atom. The van der Waals surface area contributed by atoms with Gasteiger partial charge in [0.25, 0.3) is 0 Å². The number of carbonyl (C=O) groups is 16. The lowest BCUT2D eigenvalue weighted by atomic mass is 9.98. The molecule has 0 unspecified atom stereocenters. The summed E-state index contributed by atoms with van der Waals surface area (Å²) in [5.74, 6) is -12.5. The third-order valence-corrected chi connectivity index (χ3v) is 24.9. The van der Waals surface area contributed by atoms with E-state index in [0.29, 0.717) is 55.2 Å². The van der Waals surface area contributed by atoms with Gasteiger partial charge in [-0.1, -0.05) is 175 Å². The molecule has 3 aliphatic heterocycles. The number of amides is 16. The molecule has 3 saturated heterocycles. The zero-order valence-electron chi connectivity index (χ0n) is 79.9. The average molecular weight is 1830 g/mol. The lowest BCUT2D eigenvalue weighted by Gasteiger charge is -2.36. The number of H-pyrrole nitrogens is 2. The molecule has 14 atom stereocenters. The minimum atomic E-state index is -1.42. The molecule has 0 saturated carbocycles. The van der Waals surface area contributed by atoms with Crippen LogP contribution in [0.3, 0.4) is 0 Å². The van der Waals surface area contributed by atoms with Crippen LogP contribution in [0, 0.1) is 29.6 Å². The normalized spacial score (nSPS) is 24.9. The number of nitrogens with two attached hydrogens (primary N) is 1. The largest absolute Gasteiger partial charge is 0.368 e. The second-order valence-corrected chi connectivity index (χ2v) is 37.9. The number of para-hydroxylation sites is 2. The van der Waals surface area contributed by atoms with Gasteiger partial charge in [-0.05, 0) is 149 Å². The third-order valence-electron chi connectivity index (χ3n) is 24.9. The van der Waals surface area contributed by atoms with Crippen molar-refractivity contribution in [1.29, 1.82) is 0 Å². The number of hydrogen-bond acceptors (Lipinski definition) is 17. The number of nitrogens with zero attached hydrogens (tertiary/aromatic N) is 5. The van der Waals surface area contributed by atoms with Crippen molar-refractivity contribution in [2.45, 2.75) is 297 Å². The number of benzene rings is 3. The molecule has 0 radical (unpaired) electrons. The fourth-order valence-electron chi connectivity index (χ4n) is 17.6. The lowest BCUT2D eigenvalue weighted by molar-refractivity contribution is -0.149. The van der Waals surface area contributed by atoms with Crippen LogP contribution < -0.4 is 64.2 Å². The molecule has 3 aliphatic rings. The quantitative estimate of drug-likeness (QED) is 0.0375. The van der Waals surface area contributed by atoms with Gasteiger partial charge in [0.05, 0.1) is 13.1 Å². The Kier molecular flexibility index (Phi) is 40.6. The van der Waals surface area contributed by atoms with E-state index in [0.717, 1.165) is 26.7 Å². The minimum absolute atomic E-state index is 0.0260. The molecule has 132 heavy (non-hydrogen) atoms. The van der Waals surface area contributed by atoms with Gasteiger partial charge < -0.3 is 98.7 Å². The van der Waals surface area contributed by atoms with Crippen LogP contribution in [0.4, 0.5) is 0 Å². The molecular formula is C97H145N19O16. The fourth-order valence-corrected chi connectivity index (χ4v) is 17.6. The molecule has 2 aromatic heterocycles. The van der Waals surface area contributed by atoms with Crippen molar-refractivity contribution >= 4 is 116 Å². The molecule has 724 valence electrons. The van der Waals surface area contributed by atoms with E-state index < -0.39 is 192 Å². The highest BCUT2D eigenvalue weighted by Crippen LogP contribution is 2.29. The summed E-state index contributed by atoms with van der Waals surface area (Å²) in [5.41, 5.74) is 8.85. The Balaban J connectivity index is 1.18. The predicted octanol–water partition coefficient (Wildman–Crippen LogP) is 4.73. The number of fused-ring (bicyclic) bond motifs is 4. The monoisotopic (exact) mass is 1830 g/mol. The molecule has 0 bridgehead atoms. The topological polar surface area (TPSA) is 479 Å². The first-order chi connectivity index (χ1) is 62.7. The predicted molar refractivity (Wildman–Crippen MR) is 502 cm³/mol. The van der Waals surface area contributed by atoms with Gasteiger partial charge >= 0.3 is 0 Å². The van der Waals surface area contributed by atoms with E-state index in [2.05, 4.69) is 68.5 Å². The smallest absolute Gasteiger partial charge is 0.245 e. The second-order valence-electron chi connectivity index (χ2n) is 37.9. The molecule has 8 rings (SSSR count). The highest BCUT2D eigenvalue weighted by Gasteiger charge is 2.46. The Morgan fingerprint density at radius 1 is 0.417 bits per heavy atom. The number of primary amides is 1. The van der Waals surface area contributed by atoms with Crippen LogP contribution in [0.15, 0.2) is 91.3 Å². The van der Waals surface area contributed by atoms with Crippen LogP contribution >= 0.6 is 0 Å². The number of nitrogens with one attached hydrogen (secondary N) is 13. The highest BCUT2D eigenvalue weighted by atomic mass is 16.2. The molecule has 15 N–H and O–H groups in total. The molecule has 3 fully saturated rings. The molecule has 35 nitrogen and oxygen atoms in total. The van der Waals surface area contributed by atoms with Crippen LogP contribution in [-0.2, 0) is 96.0 Å². The van der Waals surface area contributed by atoms with Gasteiger partial charge in [-0.15, -0.1) is 0 Å². The number of aromatic nitrogens is 2. The van der Waals surface area contributed by atoms with E-state index in [1.54, 1.807) is 42.7 Å². The lowest BCUT2D eigenvalue weighted by Crippen LogP contribution is -2.61. The van der Waals surface area contributed by atoms with E-state index in [-0.39, 0.29) is 133 Å². The van der Waals surface area contributed by atoms with Crippen molar-refractivity contribution in [2.75, 3.05) is 53.9 Å². The number of unbranched alkanes of at least 4 members (excludes halogenated alkanes) is 2. The van der Waals surface area contributed by atoms with E-state index in [4.69, 9.17) is 5.73 Å². The van der Waals surface area contributed by atoms with Crippen molar-refractivity contribution in [3.05, 3.63) is 108 Å². The van der Waals surface area contributed by atoms with E-state index in [1.807, 2.05) is 132 Å². The van der Waals surface area contributed by atoms with Crippen LogP contribution in [0.1, 0.15) is 209 Å². The summed E-state index contributed by atoms with van der Waals surface area (Å²) in [4.78, 5) is 251. The summed E-state index contributed by atoms with van der Waals surface area (Å²) in [5, 5.41) is 33.0. The molecule has 0 aliphatic carbocycles. The standard InChI is InChI=1S/C97H145N19O16/c1-17-19-36-78-90(125)106-71(45-57(5)6)86(121)104-69(85(120)102-54-82(98)117)40-41-99-55-83(118)103-76(49-62-30-22-21-23-31-62)93(128)112(14)61(13)84(119)109-74(47-59(9)10)95(130)115-42-28-38-79(115)91(126)107-72(46-58(7)8)88(123)110-75(48-60(11)12)96(131)116-43-29-39-80(116)92(127)108-73(50-63-52-100-67-34-26-24-32-65(63)67)89(124)105-70(44-56(3)4)87(122)111-77(51-64-53-101-68-35-27-25-33-66(64)68)94(129)114(16)81(37-20-18-2)97(132)113(78)15/h21-27,30-35,52-53,56-61,69-81,99-101H,17-20,28-29,36-51,54-55H2,1-16H3,(H2,98,117)(H,102,120)(H,103,118)(H,104,121)(H,105,124)(H,106,125)(H,107,126)(H,108,127)(H,109,119)(H,110,123)(H,111,122)/t61-,69-,70-,71-,72-,73-,74-,75-,76-,77-,78-,79-,80-,81-/m0/s1. The number of aromatic amines is 2. The molecule has 35 heteroatoms. The Labute approximate surface area is 775 Å². The zero-order valence-corrected chi connectivity index (χ0v) is 79.9. The van der Waals surface area contributed by atoms with Crippen LogP contribution in [-0.4, -0.2) is 267 Å². The highest BCUT2D eigenvalue weighted by molar-refractivity contribution is 6.02. The van der Waals surface area contributed by atoms with Gasteiger partial charge in [0.2, 0.25) is 94.5 Å². The zero-order chi connectivity index (χ0) is 96.9. The summed E-state index contributed by atoms with van der Waals surface area (Å²) in [6.45, 7) is 22.8. The van der Waals surface area contributed by atoms with Gasteiger partial charge in [-0.25, -0.2) is 0 Å². The molecule has 5 aromatic rings. The number of hydrogen-bond donors (Lipinski definition) is 14. The Morgan fingerprint density at radius 2 is 0.811 bits per heavy atom. The van der Waals surface area contributed by atoms with Gasteiger partial charge in [-0.2, -0.15) is 0 Å². The molecule has 0 spiro atoms. The van der Waals surface area contributed by atoms with Gasteiger partial charge in [0.1, 0.15) is 84.6 Å². The van der Waals surface area contributed by atoms with Gasteiger partial charge in [0, 0.05) is 87.7 Å². The van der Waals surface area contributed by atoms with Crippen LogP contribution in [0.2, 0.25) is 0 Å². The van der Waals surface area contributed by atoms with E-state index in [9.17, 15) is 33.6 Å². The molecular weight excluding hydrogens is 1690 g/mol. The maximum atomic E-state index is 15.9. The average Bonchev–Trinajstić information content (AvgIpc) is 1.58. The first-order valence-electron chi connectivity index (χ1n) is 47.2. The van der Waals surface area contributed by atoms with Crippen molar-refractivity contribution in [2.24, 2.45) is 35.3 Å². The van der Waals surface area contributed by atoms with Crippen molar-refractivity contribution in [1.82, 2.24) is 93.0 Å². The number of carbonyl (C=O) groups excluding carboxylic acids is 16. The first kappa shape index (κ1) is 106. The molecule has 3 aromatic carbocycles. The number of rotatable bonds is 25. The Bertz CT molecular complexity index is 4800. The number of likely N-dealkylation sites (N-methyl/N-ethyl adjacent to an activating group) is 3. The van der Waals surface area contributed by atoms with Crippen molar-refractivity contribution in [3.63, 3.8) is 0 Å². The first-order valence-corrected chi connectivity index (χ1v) is 47.2. The summed E-state index contributed by atoms with van der Waals surface area (Å²) >= 11 is 0. The van der Waals surface area contributed by atoms with Crippen molar-refractivity contribution < 1.29 is 76.7 Å². The minimum Gasteiger partial charge on any atom is -0.368 e. The van der Waals surface area contributed by atoms with Gasteiger partial charge in [-0.3, -0.25) is 76.7 Å². The van der Waals surface area contributed by atoms with E-state index >= 15 is 43.2 Å². The van der Waals surface area contributed by atoms with Crippen molar-refractivity contribution in [3.8, 4) is 0 Å². The van der Waals surface area contributed by atoms with E-state index in [1.165, 1.54) is 47.7 Å². The Hall–Kier alpha value is -11.8. The second kappa shape index (κ2) is 50.7. The van der Waals surface area contributed by atoms with Crippen LogP contribution in [0.5, 0.6) is 0 Å². The summed E-state index contributed by atoms with van der Waals surface area (Å²) in [7, 11) is 4.29. The maximum Gasteiger partial charge on any atom is 0.245 e. The maximum absolute atomic E-state index is 15.9. The third kappa shape index (κ3) is 30.1. The van der Waals surface area contributed by atoms with Gasteiger partial charge in [0.15, 0.2) is 0 Å². The van der Waals surface area contributed by atoms with Crippen LogP contribution in [0.25, 0.3) is 21.8 Å². The summed E-state index contributed by atoms with van der Waals surface area (Å²) in [6.07, 6.45) is 6.65. The summed E-state index contributed by atoms with van der Waals surface area (Å²) < 4.78 is 0. The SMILES string of the molecule is CCCC[C@H]1C(=O)N(C)[C@@H](CCCC)C(=O)N[C@@H](CC(C)C)C(=O)N[C@H](C(=O)NCC(N)=O)CCNCC(=O)N[C@@H](Cc2ccccc2)C(=O)N(C)[C@@H](C)C(=O)N[C@@H](CC(C)C)C(=O)N2CCC[C@H]2C(=O)N[C@@H](CC(C)C)C(=O)N[C@@H](CC(C)C)C(=O)N2CCC[C@H]2C(=O)N[C@@H](Cc2c[nH]c3ccccc23)C(=O)N[C@@H](CC(C)C)C(=O)N[C@@H](Cc2c[nH]c3ccccc23)C(=O)N1C. The molecule has 5 heterocycles. The molecule has 16 amide bonds. The fraction of sp³-hybridized carbons (Fsp3) is 0.608.